The van der Waals surface area contributed by atoms with E-state index in [-0.39, 0.29) is 4.90 Å². The Bertz CT molecular complexity index is 942. The average molecular weight is 404 g/mol. The van der Waals surface area contributed by atoms with Crippen LogP contribution < -0.4 is 10.0 Å². The molecule has 0 heterocycles. The van der Waals surface area contributed by atoms with Crippen LogP contribution in [0.5, 0.6) is 0 Å². The Balaban J connectivity index is 1.83. The molecule has 0 unspecified atom stereocenters. The molecule has 2 aromatic carbocycles. The van der Waals surface area contributed by atoms with E-state index in [0.717, 1.165) is 16.7 Å². The average Bonchev–Trinajstić information content (AvgIpc) is 2.67. The highest BCUT2D eigenvalue weighted by molar-refractivity contribution is 7.89. The molecule has 2 rings (SSSR count). The van der Waals surface area contributed by atoms with Crippen molar-refractivity contribution in [1.82, 2.24) is 10.0 Å². The molecule has 1 amide bonds. The first-order chi connectivity index (χ1) is 13.2. The number of esters is 1. The highest BCUT2D eigenvalue weighted by Gasteiger charge is 2.20. The second-order valence-corrected chi connectivity index (χ2v) is 8.17. The normalized spacial score (nSPS) is 12.2. The molecule has 0 aliphatic carbocycles. The molecule has 0 saturated carbocycles. The third-order valence-electron chi connectivity index (χ3n) is 4.18. The van der Waals surface area contributed by atoms with Gasteiger partial charge in [-0.2, -0.15) is 4.72 Å². The lowest BCUT2D eigenvalue weighted by Gasteiger charge is -2.14. The van der Waals surface area contributed by atoms with Gasteiger partial charge in [0.15, 0.2) is 6.10 Å². The number of ether oxygens (including phenoxy) is 1. The van der Waals surface area contributed by atoms with Crippen molar-refractivity contribution in [2.75, 3.05) is 6.54 Å². The van der Waals surface area contributed by atoms with Gasteiger partial charge in [-0.05, 0) is 49.6 Å². The topological polar surface area (TPSA) is 102 Å². The summed E-state index contributed by atoms with van der Waals surface area (Å²) in [5, 5.41) is 2.66. The molecule has 0 aromatic heterocycles. The first-order valence-corrected chi connectivity index (χ1v) is 10.3. The summed E-state index contributed by atoms with van der Waals surface area (Å²) in [5.41, 5.74) is 2.71. The fourth-order valence-electron chi connectivity index (χ4n) is 2.34. The Labute approximate surface area is 165 Å². The predicted molar refractivity (Wildman–Crippen MR) is 105 cm³/mol. The zero-order valence-corrected chi connectivity index (χ0v) is 16.9. The van der Waals surface area contributed by atoms with Gasteiger partial charge in [-0.25, -0.2) is 8.42 Å². The van der Waals surface area contributed by atoms with E-state index in [0.29, 0.717) is 6.54 Å². The van der Waals surface area contributed by atoms with Crippen molar-refractivity contribution >= 4 is 21.9 Å². The van der Waals surface area contributed by atoms with Crippen LogP contribution in [0.1, 0.15) is 23.6 Å². The Kier molecular flexibility index (Phi) is 7.31. The highest BCUT2D eigenvalue weighted by atomic mass is 32.2. The lowest BCUT2D eigenvalue weighted by Crippen LogP contribution is -2.38. The summed E-state index contributed by atoms with van der Waals surface area (Å²) in [6, 6.07) is 14.0. The van der Waals surface area contributed by atoms with E-state index in [1.54, 1.807) is 13.0 Å². The van der Waals surface area contributed by atoms with E-state index in [4.69, 9.17) is 4.74 Å². The van der Waals surface area contributed by atoms with Crippen LogP contribution in [-0.4, -0.2) is 32.9 Å². The second-order valence-electron chi connectivity index (χ2n) is 6.41. The van der Waals surface area contributed by atoms with Crippen LogP contribution >= 0.6 is 0 Å². The molecule has 0 saturated heterocycles. The van der Waals surface area contributed by atoms with Gasteiger partial charge in [0.1, 0.15) is 6.54 Å². The van der Waals surface area contributed by atoms with Crippen LogP contribution in [0.2, 0.25) is 0 Å². The first kappa shape index (κ1) is 21.6. The van der Waals surface area contributed by atoms with E-state index in [9.17, 15) is 18.0 Å². The third kappa shape index (κ3) is 6.17. The van der Waals surface area contributed by atoms with E-state index in [1.807, 2.05) is 37.3 Å². The predicted octanol–water partition coefficient (Wildman–Crippen LogP) is 1.83. The zero-order valence-electron chi connectivity index (χ0n) is 16.1. The Morgan fingerprint density at radius 2 is 1.71 bits per heavy atom. The molecular weight excluding hydrogens is 380 g/mol. The summed E-state index contributed by atoms with van der Waals surface area (Å²) in [6.45, 7) is 4.85. The fourth-order valence-corrected chi connectivity index (χ4v) is 3.39. The van der Waals surface area contributed by atoms with Crippen LogP contribution in [-0.2, 0) is 30.9 Å². The number of benzene rings is 2. The minimum atomic E-state index is -3.85. The van der Waals surface area contributed by atoms with Crippen molar-refractivity contribution in [2.24, 2.45) is 0 Å². The number of rotatable bonds is 8. The van der Waals surface area contributed by atoms with E-state index >= 15 is 0 Å². The minimum absolute atomic E-state index is 0.0667. The Morgan fingerprint density at radius 3 is 2.36 bits per heavy atom. The number of hydrogen-bond donors (Lipinski definition) is 2. The number of aryl methyl sites for hydroxylation is 2. The van der Waals surface area contributed by atoms with Crippen molar-refractivity contribution in [3.63, 3.8) is 0 Å². The third-order valence-corrected chi connectivity index (χ3v) is 5.58. The van der Waals surface area contributed by atoms with Crippen LogP contribution in [0.4, 0.5) is 0 Å². The molecule has 0 aliphatic heterocycles. The highest BCUT2D eigenvalue weighted by Crippen LogP contribution is 2.14. The van der Waals surface area contributed by atoms with Gasteiger partial charge in [0.2, 0.25) is 10.0 Å². The molecule has 0 bridgehead atoms. The maximum Gasteiger partial charge on any atom is 0.321 e. The summed E-state index contributed by atoms with van der Waals surface area (Å²) in [5.74, 6) is -1.30. The SMILES string of the molecule is Cc1ccc(S(=O)(=O)NCC(=O)O[C@@H](C)C(=O)NCc2ccccc2)cc1C. The Hall–Kier alpha value is -2.71. The summed E-state index contributed by atoms with van der Waals surface area (Å²) >= 11 is 0. The quantitative estimate of drug-likeness (QED) is 0.654. The van der Waals surface area contributed by atoms with Crippen LogP contribution in [0.3, 0.4) is 0 Å². The van der Waals surface area contributed by atoms with Crippen molar-refractivity contribution in [3.05, 3.63) is 65.2 Å². The molecule has 2 N–H and O–H groups in total. The van der Waals surface area contributed by atoms with Crippen molar-refractivity contribution in [1.29, 1.82) is 0 Å². The molecule has 0 spiro atoms. The van der Waals surface area contributed by atoms with Gasteiger partial charge >= 0.3 is 5.97 Å². The number of hydrogen-bond acceptors (Lipinski definition) is 5. The van der Waals surface area contributed by atoms with Crippen molar-refractivity contribution in [2.45, 2.75) is 38.3 Å². The molecule has 7 nitrogen and oxygen atoms in total. The number of amides is 1. The van der Waals surface area contributed by atoms with Gasteiger partial charge in [-0.1, -0.05) is 36.4 Å². The second kappa shape index (κ2) is 9.48. The van der Waals surface area contributed by atoms with Crippen molar-refractivity contribution < 1.29 is 22.7 Å². The number of carbonyl (C=O) groups is 2. The van der Waals surface area contributed by atoms with E-state index in [2.05, 4.69) is 10.0 Å². The number of carbonyl (C=O) groups excluding carboxylic acids is 2. The van der Waals surface area contributed by atoms with Crippen LogP contribution in [0, 0.1) is 13.8 Å². The molecule has 0 aliphatic rings. The van der Waals surface area contributed by atoms with Crippen LogP contribution in [0.25, 0.3) is 0 Å². The van der Waals surface area contributed by atoms with Gasteiger partial charge in [0, 0.05) is 6.54 Å². The number of nitrogens with one attached hydrogen (secondary N) is 2. The molecule has 1 atom stereocenters. The zero-order chi connectivity index (χ0) is 20.7. The molecule has 2 aromatic rings. The Morgan fingerprint density at radius 1 is 1.04 bits per heavy atom. The molecular formula is C20H24N2O5S. The smallest absolute Gasteiger partial charge is 0.321 e. The summed E-state index contributed by atoms with van der Waals surface area (Å²) < 4.78 is 31.7. The maximum atomic E-state index is 12.3. The molecule has 0 radical (unpaired) electrons. The first-order valence-electron chi connectivity index (χ1n) is 8.77. The van der Waals surface area contributed by atoms with Gasteiger partial charge < -0.3 is 10.1 Å². The molecule has 8 heteroatoms. The molecule has 0 fully saturated rings. The number of sulfonamides is 1. The van der Waals surface area contributed by atoms with Crippen molar-refractivity contribution in [3.8, 4) is 0 Å². The van der Waals surface area contributed by atoms with Gasteiger partial charge in [0.05, 0.1) is 4.90 Å². The van der Waals surface area contributed by atoms with Gasteiger partial charge in [0.25, 0.3) is 5.91 Å². The molecule has 28 heavy (non-hydrogen) atoms. The summed E-state index contributed by atoms with van der Waals surface area (Å²) in [6.07, 6.45) is -1.04. The van der Waals surface area contributed by atoms with Gasteiger partial charge in [-0.15, -0.1) is 0 Å². The standard InChI is InChI=1S/C20H24N2O5S/c1-14-9-10-18(11-15(14)2)28(25,26)22-13-19(23)27-16(3)20(24)21-12-17-7-5-4-6-8-17/h4-11,16,22H,12-13H2,1-3H3,(H,21,24)/t16-/m0/s1. The van der Waals surface area contributed by atoms with E-state index < -0.39 is 34.5 Å². The minimum Gasteiger partial charge on any atom is -0.452 e. The maximum absolute atomic E-state index is 12.3. The fraction of sp³-hybridized carbons (Fsp3) is 0.300. The van der Waals surface area contributed by atoms with Crippen LogP contribution in [0.15, 0.2) is 53.4 Å². The largest absolute Gasteiger partial charge is 0.452 e. The summed E-state index contributed by atoms with van der Waals surface area (Å²) in [4.78, 5) is 24.0. The summed E-state index contributed by atoms with van der Waals surface area (Å²) in [7, 11) is -3.85. The monoisotopic (exact) mass is 404 g/mol. The lowest BCUT2D eigenvalue weighted by molar-refractivity contribution is -0.153. The lowest BCUT2D eigenvalue weighted by atomic mass is 10.1. The van der Waals surface area contributed by atoms with E-state index in [1.165, 1.54) is 19.1 Å². The molecule has 150 valence electrons. The van der Waals surface area contributed by atoms with Gasteiger partial charge in [-0.3, -0.25) is 9.59 Å².